The Morgan fingerprint density at radius 2 is 1.66 bits per heavy atom. The number of amides is 1. The quantitative estimate of drug-likeness (QED) is 0.289. The molecular formula is C32H35F3N8O4. The molecule has 47 heavy (non-hydrogen) atoms. The second kappa shape index (κ2) is 13.6. The highest BCUT2D eigenvalue weighted by Crippen LogP contribution is 2.39. The van der Waals surface area contributed by atoms with Crippen LogP contribution in [0.4, 0.5) is 13.2 Å². The summed E-state index contributed by atoms with van der Waals surface area (Å²) in [6, 6.07) is 20.3. The van der Waals surface area contributed by atoms with Gasteiger partial charge in [0.2, 0.25) is 11.8 Å². The van der Waals surface area contributed by atoms with Crippen molar-refractivity contribution in [1.29, 1.82) is 0 Å². The second-order valence-electron chi connectivity index (χ2n) is 11.5. The topological polar surface area (TPSA) is 122 Å². The number of hydrogen-bond donors (Lipinski definition) is 1. The molecule has 12 nitrogen and oxygen atoms in total. The monoisotopic (exact) mass is 652 g/mol. The lowest BCUT2D eigenvalue weighted by molar-refractivity contribution is -0.146. The van der Waals surface area contributed by atoms with Crippen molar-refractivity contribution in [3.8, 4) is 17.3 Å². The number of hydrogen-bond acceptors (Lipinski definition) is 10. The lowest BCUT2D eigenvalue weighted by Gasteiger charge is -2.53. The number of tetrazole rings is 1. The number of halogens is 3. The van der Waals surface area contributed by atoms with Gasteiger partial charge in [-0.25, -0.2) is 4.98 Å². The van der Waals surface area contributed by atoms with E-state index in [0.717, 1.165) is 11.1 Å². The van der Waals surface area contributed by atoms with E-state index in [1.807, 2.05) is 36.4 Å². The van der Waals surface area contributed by atoms with Gasteiger partial charge >= 0.3 is 6.18 Å². The van der Waals surface area contributed by atoms with Gasteiger partial charge in [-0.2, -0.15) is 17.9 Å². The molecule has 0 aliphatic carbocycles. The molecule has 0 saturated carbocycles. The van der Waals surface area contributed by atoms with E-state index in [-0.39, 0.29) is 47.8 Å². The summed E-state index contributed by atoms with van der Waals surface area (Å²) in [6.45, 7) is 2.26. The molecule has 2 aromatic carbocycles. The number of fused-ring (bicyclic) bond motifs is 1. The van der Waals surface area contributed by atoms with Crippen molar-refractivity contribution >= 4 is 5.91 Å². The number of rotatable bonds is 9. The van der Waals surface area contributed by atoms with E-state index in [1.165, 1.54) is 20.4 Å². The van der Waals surface area contributed by atoms with E-state index >= 15 is 0 Å². The molecule has 0 bridgehead atoms. The van der Waals surface area contributed by atoms with Gasteiger partial charge in [0.15, 0.2) is 5.75 Å². The lowest BCUT2D eigenvalue weighted by Crippen LogP contribution is -2.67. The van der Waals surface area contributed by atoms with Crippen LogP contribution in [0.15, 0.2) is 66.9 Å². The normalized spacial score (nSPS) is 19.1. The zero-order chi connectivity index (χ0) is 33.1. The largest absolute Gasteiger partial charge is 0.494 e. The van der Waals surface area contributed by atoms with Crippen LogP contribution in [0.2, 0.25) is 0 Å². The highest BCUT2D eigenvalue weighted by Gasteiger charge is 2.44. The summed E-state index contributed by atoms with van der Waals surface area (Å²) in [5.41, 5.74) is 2.61. The van der Waals surface area contributed by atoms with Crippen LogP contribution in [0.1, 0.15) is 28.4 Å². The molecule has 6 rings (SSSR count). The maximum Gasteiger partial charge on any atom is 0.453 e. The molecule has 0 unspecified atom stereocenters. The minimum absolute atomic E-state index is 0.0355. The molecule has 1 N–H and O–H groups in total. The number of methoxy groups -OCH3 is 2. The molecule has 4 aromatic rings. The molecule has 0 radical (unpaired) electrons. The molecule has 2 atom stereocenters. The average Bonchev–Trinajstić information content (AvgIpc) is 3.59. The molecule has 2 fully saturated rings. The van der Waals surface area contributed by atoms with Crippen molar-refractivity contribution in [2.75, 3.05) is 53.6 Å². The van der Waals surface area contributed by atoms with Crippen molar-refractivity contribution < 1.29 is 32.5 Å². The first-order valence-corrected chi connectivity index (χ1v) is 15.2. The molecule has 2 saturated heterocycles. The van der Waals surface area contributed by atoms with E-state index < -0.39 is 18.6 Å². The van der Waals surface area contributed by atoms with Crippen molar-refractivity contribution in [3.05, 3.63) is 89.4 Å². The van der Waals surface area contributed by atoms with Crippen molar-refractivity contribution in [2.24, 2.45) is 0 Å². The second-order valence-corrected chi connectivity index (χ2v) is 11.5. The molecule has 2 aromatic heterocycles. The SMILES string of the molecule is COc1ncc(-n2nnnc2C(F)(F)F)c(OC)c1CN1C[C@H]2CN(C(=O)CO)CCN2[C@H](C(c2ccccc2)c2ccccc2)C1. The highest BCUT2D eigenvalue weighted by molar-refractivity contribution is 5.77. The number of alkyl halides is 3. The summed E-state index contributed by atoms with van der Waals surface area (Å²) in [6.07, 6.45) is -3.63. The van der Waals surface area contributed by atoms with Gasteiger partial charge in [-0.05, 0) is 21.6 Å². The van der Waals surface area contributed by atoms with Crippen LogP contribution in [0.25, 0.3) is 5.69 Å². The predicted molar refractivity (Wildman–Crippen MR) is 163 cm³/mol. The summed E-state index contributed by atoms with van der Waals surface area (Å²) in [5.74, 6) is -1.40. The maximum atomic E-state index is 13.8. The number of aliphatic hydroxyl groups excluding tert-OH is 1. The number of piperazine rings is 2. The van der Waals surface area contributed by atoms with Gasteiger partial charge in [-0.3, -0.25) is 14.6 Å². The minimum Gasteiger partial charge on any atom is -0.494 e. The lowest BCUT2D eigenvalue weighted by atomic mass is 9.81. The Kier molecular flexibility index (Phi) is 9.38. The Labute approximate surface area is 269 Å². The fourth-order valence-electron chi connectivity index (χ4n) is 6.87. The first-order chi connectivity index (χ1) is 22.7. The fraction of sp³-hybridized carbons (Fsp3) is 0.406. The van der Waals surface area contributed by atoms with Crippen LogP contribution in [0, 0.1) is 0 Å². The smallest absolute Gasteiger partial charge is 0.453 e. The zero-order valence-corrected chi connectivity index (χ0v) is 25.9. The van der Waals surface area contributed by atoms with Crippen molar-refractivity contribution in [2.45, 2.75) is 30.7 Å². The van der Waals surface area contributed by atoms with E-state index in [4.69, 9.17) is 9.47 Å². The van der Waals surface area contributed by atoms with Gasteiger partial charge in [0.25, 0.3) is 5.82 Å². The molecule has 15 heteroatoms. The number of ether oxygens (including phenoxy) is 2. The Bertz CT molecular complexity index is 1630. The van der Waals surface area contributed by atoms with Gasteiger partial charge in [-0.15, -0.1) is 5.10 Å². The third-order valence-electron chi connectivity index (χ3n) is 8.86. The van der Waals surface area contributed by atoms with Crippen LogP contribution >= 0.6 is 0 Å². The van der Waals surface area contributed by atoms with Gasteiger partial charge < -0.3 is 19.5 Å². The van der Waals surface area contributed by atoms with Crippen molar-refractivity contribution in [1.82, 2.24) is 39.9 Å². The summed E-state index contributed by atoms with van der Waals surface area (Å²) >= 11 is 0. The van der Waals surface area contributed by atoms with Gasteiger partial charge in [-0.1, -0.05) is 60.7 Å². The van der Waals surface area contributed by atoms with Crippen LogP contribution < -0.4 is 9.47 Å². The molecule has 248 valence electrons. The van der Waals surface area contributed by atoms with Gasteiger partial charge in [0, 0.05) is 57.3 Å². The van der Waals surface area contributed by atoms with Crippen LogP contribution in [0.5, 0.6) is 11.6 Å². The Morgan fingerprint density at radius 3 is 2.26 bits per heavy atom. The standard InChI is InChI=1S/C32H35F3N8O4/c1-46-29-24(30(47-2)36-15-25(29)43-31(32(33,34)35)37-38-39-43)18-40-16-23-17-41(27(45)20-44)13-14-42(23)26(19-40)28(21-9-5-3-6-10-21)22-11-7-4-8-12-22/h3-12,15,23,26,28,44H,13-14,16-20H2,1-2H3/t23-,26-/m0/s1. The van der Waals surface area contributed by atoms with Crippen LogP contribution in [-0.2, 0) is 17.5 Å². The average molecular weight is 653 g/mol. The van der Waals surface area contributed by atoms with E-state index in [1.54, 1.807) is 4.90 Å². The number of carbonyl (C=O) groups is 1. The summed E-state index contributed by atoms with van der Waals surface area (Å²) < 4.78 is 53.2. The number of carbonyl (C=O) groups excluding carboxylic acids is 1. The minimum atomic E-state index is -4.82. The molecule has 2 aliphatic rings. The third kappa shape index (κ3) is 6.50. The van der Waals surface area contributed by atoms with Crippen LogP contribution in [-0.4, -0.2) is 117 Å². The van der Waals surface area contributed by atoms with Gasteiger partial charge in [0.1, 0.15) is 12.3 Å². The number of aromatic nitrogens is 5. The molecule has 1 amide bonds. The van der Waals surface area contributed by atoms with Crippen molar-refractivity contribution in [3.63, 3.8) is 0 Å². The molecular weight excluding hydrogens is 617 g/mol. The summed E-state index contributed by atoms with van der Waals surface area (Å²) in [5, 5.41) is 19.6. The van der Waals surface area contributed by atoms with Crippen LogP contribution in [0.3, 0.4) is 0 Å². The summed E-state index contributed by atoms with van der Waals surface area (Å²) in [4.78, 5) is 23.2. The fourth-order valence-corrected chi connectivity index (χ4v) is 6.87. The van der Waals surface area contributed by atoms with E-state index in [0.29, 0.717) is 43.0 Å². The number of pyridine rings is 1. The first kappa shape index (κ1) is 32.3. The molecule has 0 spiro atoms. The van der Waals surface area contributed by atoms with E-state index in [9.17, 15) is 23.1 Å². The third-order valence-corrected chi connectivity index (χ3v) is 8.86. The first-order valence-electron chi connectivity index (χ1n) is 15.2. The molecule has 4 heterocycles. The number of nitrogens with zero attached hydrogens (tertiary/aromatic N) is 8. The predicted octanol–water partition coefficient (Wildman–Crippen LogP) is 2.61. The highest BCUT2D eigenvalue weighted by atomic mass is 19.4. The Balaban J connectivity index is 1.42. The molecule has 2 aliphatic heterocycles. The number of aliphatic hydroxyl groups is 1. The van der Waals surface area contributed by atoms with E-state index in [2.05, 4.69) is 54.6 Å². The maximum absolute atomic E-state index is 13.8. The number of benzene rings is 2. The Hall–Kier alpha value is -4.60. The van der Waals surface area contributed by atoms with Gasteiger partial charge in [0.05, 0.1) is 26.0 Å². The zero-order valence-electron chi connectivity index (χ0n) is 25.9. The summed E-state index contributed by atoms with van der Waals surface area (Å²) in [7, 11) is 2.80. The Morgan fingerprint density at radius 1 is 0.979 bits per heavy atom.